The van der Waals surface area contributed by atoms with E-state index in [0.29, 0.717) is 18.5 Å². The molecule has 0 aromatic heterocycles. The van der Waals surface area contributed by atoms with Crippen LogP contribution in [0.5, 0.6) is 0 Å². The van der Waals surface area contributed by atoms with Crippen molar-refractivity contribution in [3.05, 3.63) is 28.8 Å². The van der Waals surface area contributed by atoms with Crippen molar-refractivity contribution in [1.82, 2.24) is 10.6 Å². The molecule has 2 unspecified atom stereocenters. The smallest absolute Gasteiger partial charge is 0.220 e. The Balaban J connectivity index is 1.76. The highest BCUT2D eigenvalue weighted by atomic mass is 35.5. The van der Waals surface area contributed by atoms with Gasteiger partial charge in [-0.25, -0.2) is 0 Å². The van der Waals surface area contributed by atoms with Crippen LogP contribution >= 0.6 is 23.4 Å². The Morgan fingerprint density at radius 3 is 3.05 bits per heavy atom. The fourth-order valence-corrected chi connectivity index (χ4v) is 4.12. The quantitative estimate of drug-likeness (QED) is 0.882. The highest BCUT2D eigenvalue weighted by Gasteiger charge is 2.24. The normalized spacial score (nSPS) is 26.6. The highest BCUT2D eigenvalue weighted by Crippen LogP contribution is 2.36. The molecule has 1 saturated heterocycles. The molecule has 1 fully saturated rings. The molecule has 0 bridgehead atoms. The van der Waals surface area contributed by atoms with Crippen LogP contribution in [0.2, 0.25) is 5.02 Å². The van der Waals surface area contributed by atoms with Crippen molar-refractivity contribution in [3.63, 3.8) is 0 Å². The zero-order chi connectivity index (χ0) is 13.9. The van der Waals surface area contributed by atoms with Crippen molar-refractivity contribution in [1.29, 1.82) is 0 Å². The molecule has 2 aliphatic heterocycles. The lowest BCUT2D eigenvalue weighted by molar-refractivity contribution is -0.122. The summed E-state index contributed by atoms with van der Waals surface area (Å²) in [5, 5.41) is 7.46. The van der Waals surface area contributed by atoms with Gasteiger partial charge < -0.3 is 10.6 Å². The van der Waals surface area contributed by atoms with Crippen LogP contribution in [-0.4, -0.2) is 24.2 Å². The minimum absolute atomic E-state index is 0.169. The third-order valence-corrected chi connectivity index (χ3v) is 5.36. The van der Waals surface area contributed by atoms with Crippen molar-refractivity contribution in [3.8, 4) is 0 Å². The molecule has 3 nitrogen and oxygen atoms in total. The number of amides is 1. The molecule has 0 saturated carbocycles. The Morgan fingerprint density at radius 2 is 2.25 bits per heavy atom. The first-order valence-corrected chi connectivity index (χ1v) is 8.54. The molecule has 3 rings (SSSR count). The summed E-state index contributed by atoms with van der Waals surface area (Å²) in [5.41, 5.74) is 1.32. The number of nitrogens with one attached hydrogen (secondary N) is 2. The Hall–Kier alpha value is -0.710. The van der Waals surface area contributed by atoms with E-state index in [9.17, 15) is 4.79 Å². The second-order valence-electron chi connectivity index (χ2n) is 5.43. The first kappa shape index (κ1) is 14.2. The number of carbonyl (C=O) groups excluding carboxylic acids is 1. The molecule has 2 N–H and O–H groups in total. The van der Waals surface area contributed by atoms with E-state index in [2.05, 4.69) is 22.8 Å². The SMILES string of the molecule is O=C1CCC(NC2CCCSc3ccc(Cl)cc32)CN1. The van der Waals surface area contributed by atoms with E-state index >= 15 is 0 Å². The van der Waals surface area contributed by atoms with Crippen LogP contribution in [0, 0.1) is 0 Å². The van der Waals surface area contributed by atoms with E-state index in [-0.39, 0.29) is 5.91 Å². The van der Waals surface area contributed by atoms with Crippen LogP contribution in [0.15, 0.2) is 23.1 Å². The second kappa shape index (κ2) is 6.37. The summed E-state index contributed by atoms with van der Waals surface area (Å²) < 4.78 is 0. The average molecular weight is 311 g/mol. The van der Waals surface area contributed by atoms with Crippen LogP contribution in [0.1, 0.15) is 37.3 Å². The van der Waals surface area contributed by atoms with E-state index in [0.717, 1.165) is 30.2 Å². The summed E-state index contributed by atoms with van der Waals surface area (Å²) >= 11 is 8.08. The first-order chi connectivity index (χ1) is 9.72. The van der Waals surface area contributed by atoms with E-state index in [1.807, 2.05) is 17.8 Å². The van der Waals surface area contributed by atoms with Crippen molar-refractivity contribution < 1.29 is 4.79 Å². The van der Waals surface area contributed by atoms with Crippen molar-refractivity contribution >= 4 is 29.3 Å². The summed E-state index contributed by atoms with van der Waals surface area (Å²) in [6, 6.07) is 6.90. The molecular formula is C15H19ClN2OS. The Labute approximate surface area is 128 Å². The Kier molecular flexibility index (Phi) is 4.54. The predicted molar refractivity (Wildman–Crippen MR) is 83.3 cm³/mol. The van der Waals surface area contributed by atoms with E-state index in [1.54, 1.807) is 0 Å². The minimum atomic E-state index is 0.169. The third kappa shape index (κ3) is 3.30. The van der Waals surface area contributed by atoms with Crippen LogP contribution in [-0.2, 0) is 4.79 Å². The van der Waals surface area contributed by atoms with Gasteiger partial charge in [0.25, 0.3) is 0 Å². The van der Waals surface area contributed by atoms with Gasteiger partial charge in [-0.15, -0.1) is 11.8 Å². The van der Waals surface area contributed by atoms with Gasteiger partial charge in [0.05, 0.1) is 0 Å². The molecule has 1 amide bonds. The molecule has 1 aromatic carbocycles. The lowest BCUT2D eigenvalue weighted by Crippen LogP contribution is -2.46. The van der Waals surface area contributed by atoms with Crippen LogP contribution in [0.3, 0.4) is 0 Å². The second-order valence-corrected chi connectivity index (χ2v) is 7.00. The zero-order valence-corrected chi connectivity index (χ0v) is 12.9. The maximum absolute atomic E-state index is 11.2. The summed E-state index contributed by atoms with van der Waals surface area (Å²) in [5.74, 6) is 1.33. The van der Waals surface area contributed by atoms with Crippen molar-refractivity contribution in [2.24, 2.45) is 0 Å². The van der Waals surface area contributed by atoms with E-state index < -0.39 is 0 Å². The van der Waals surface area contributed by atoms with Gasteiger partial charge >= 0.3 is 0 Å². The summed E-state index contributed by atoms with van der Waals surface area (Å²) in [4.78, 5) is 12.6. The van der Waals surface area contributed by atoms with Crippen LogP contribution in [0.4, 0.5) is 0 Å². The van der Waals surface area contributed by atoms with Gasteiger partial charge in [-0.1, -0.05) is 11.6 Å². The topological polar surface area (TPSA) is 41.1 Å². The summed E-state index contributed by atoms with van der Waals surface area (Å²) in [6.07, 6.45) is 3.88. The maximum atomic E-state index is 11.2. The molecular weight excluding hydrogens is 292 g/mol. The molecule has 2 aliphatic rings. The number of piperidine rings is 1. The Morgan fingerprint density at radius 1 is 1.35 bits per heavy atom. The molecule has 5 heteroatoms. The number of benzene rings is 1. The molecule has 2 atom stereocenters. The van der Waals surface area contributed by atoms with Gasteiger partial charge in [0, 0.05) is 35.0 Å². The van der Waals surface area contributed by atoms with Crippen molar-refractivity contribution in [2.45, 2.75) is 42.7 Å². The lowest BCUT2D eigenvalue weighted by Gasteiger charge is -2.29. The molecule has 2 heterocycles. The average Bonchev–Trinajstić information content (AvgIpc) is 2.64. The van der Waals surface area contributed by atoms with Gasteiger partial charge in [-0.05, 0) is 48.8 Å². The van der Waals surface area contributed by atoms with Crippen LogP contribution in [0.25, 0.3) is 0 Å². The van der Waals surface area contributed by atoms with Gasteiger partial charge in [0.1, 0.15) is 0 Å². The standard InChI is InChI=1S/C15H19ClN2OS/c16-10-3-5-14-12(8-10)13(2-1-7-20-14)18-11-4-6-15(19)17-9-11/h3,5,8,11,13,18H,1-2,4,6-7,9H2,(H,17,19). The van der Waals surface area contributed by atoms with Gasteiger partial charge in [0.2, 0.25) is 5.91 Å². The Bertz CT molecular complexity index is 499. The number of hydrogen-bond acceptors (Lipinski definition) is 3. The highest BCUT2D eigenvalue weighted by molar-refractivity contribution is 7.99. The monoisotopic (exact) mass is 310 g/mol. The predicted octanol–water partition coefficient (Wildman–Crippen LogP) is 3.14. The number of rotatable bonds is 2. The molecule has 0 radical (unpaired) electrons. The number of halogens is 1. The number of thioether (sulfide) groups is 1. The van der Waals surface area contributed by atoms with Gasteiger partial charge in [0.15, 0.2) is 0 Å². The molecule has 20 heavy (non-hydrogen) atoms. The molecule has 0 spiro atoms. The first-order valence-electron chi connectivity index (χ1n) is 7.17. The van der Waals surface area contributed by atoms with Crippen LogP contribution < -0.4 is 10.6 Å². The number of fused-ring (bicyclic) bond motifs is 1. The molecule has 108 valence electrons. The molecule has 1 aromatic rings. The minimum Gasteiger partial charge on any atom is -0.355 e. The van der Waals surface area contributed by atoms with E-state index in [4.69, 9.17) is 11.6 Å². The fourth-order valence-electron chi connectivity index (χ4n) is 2.88. The molecule has 0 aliphatic carbocycles. The lowest BCUT2D eigenvalue weighted by atomic mass is 9.99. The number of carbonyl (C=O) groups is 1. The maximum Gasteiger partial charge on any atom is 0.220 e. The largest absolute Gasteiger partial charge is 0.355 e. The summed E-state index contributed by atoms with van der Waals surface area (Å²) in [6.45, 7) is 0.734. The summed E-state index contributed by atoms with van der Waals surface area (Å²) in [7, 11) is 0. The van der Waals surface area contributed by atoms with Crippen molar-refractivity contribution in [2.75, 3.05) is 12.3 Å². The number of hydrogen-bond donors (Lipinski definition) is 2. The van der Waals surface area contributed by atoms with Gasteiger partial charge in [-0.3, -0.25) is 4.79 Å². The van der Waals surface area contributed by atoms with Gasteiger partial charge in [-0.2, -0.15) is 0 Å². The zero-order valence-electron chi connectivity index (χ0n) is 11.3. The third-order valence-electron chi connectivity index (χ3n) is 3.94. The van der Waals surface area contributed by atoms with E-state index in [1.165, 1.54) is 16.9 Å². The fraction of sp³-hybridized carbons (Fsp3) is 0.533.